The quantitative estimate of drug-likeness (QED) is 0.292. The van der Waals surface area contributed by atoms with Crippen molar-refractivity contribution in [2.45, 2.75) is 51.4 Å². The van der Waals surface area contributed by atoms with Crippen molar-refractivity contribution in [1.82, 2.24) is 14.6 Å². The molecule has 9 heteroatoms. The number of hydrogen-bond donors (Lipinski definition) is 0. The molecule has 0 saturated heterocycles. The number of anilines is 1. The van der Waals surface area contributed by atoms with E-state index in [4.69, 9.17) is 21.1 Å². The van der Waals surface area contributed by atoms with Gasteiger partial charge in [-0.1, -0.05) is 50.9 Å². The highest BCUT2D eigenvalue weighted by Crippen LogP contribution is 2.19. The van der Waals surface area contributed by atoms with Crippen LogP contribution >= 0.6 is 11.6 Å². The summed E-state index contributed by atoms with van der Waals surface area (Å²) in [5, 5.41) is 4.77. The summed E-state index contributed by atoms with van der Waals surface area (Å²) in [6.07, 6.45) is 1.76. The van der Waals surface area contributed by atoms with Crippen molar-refractivity contribution in [3.63, 3.8) is 0 Å². The first-order chi connectivity index (χ1) is 12.6. The molecule has 0 fully saturated rings. The molecule has 0 amide bonds. The first-order valence-electron chi connectivity index (χ1n) is 9.46. The van der Waals surface area contributed by atoms with Gasteiger partial charge in [-0.05, 0) is 18.2 Å². The van der Waals surface area contributed by atoms with Crippen LogP contribution in [0.25, 0.3) is 5.65 Å². The fraction of sp³-hybridized carbons (Fsp3) is 0.667. The van der Waals surface area contributed by atoms with Crippen molar-refractivity contribution in [3.05, 3.63) is 23.5 Å². The predicted molar refractivity (Wildman–Crippen MR) is 118 cm³/mol. The number of aromatic nitrogens is 3. The Morgan fingerprint density at radius 2 is 1.56 bits per heavy atom. The summed E-state index contributed by atoms with van der Waals surface area (Å²) < 4.78 is 13.7. The Morgan fingerprint density at radius 3 is 2.07 bits per heavy atom. The lowest BCUT2D eigenvalue weighted by Crippen LogP contribution is -2.33. The zero-order chi connectivity index (χ0) is 20.1. The van der Waals surface area contributed by atoms with Gasteiger partial charge in [0.15, 0.2) is 10.8 Å². The standard InChI is InChI=1S/C18H33ClN4O2Si2/c1-26(2,3)11-9-24-14-22(15-25-10-12-27(4,5)6)18-7-8-20-17-13-16(19)21-23(17)18/h7-8,13H,9-12,14-15H2,1-6H3. The molecule has 0 spiro atoms. The molecule has 2 heterocycles. The Labute approximate surface area is 169 Å². The van der Waals surface area contributed by atoms with Gasteiger partial charge in [-0.15, -0.1) is 0 Å². The molecule has 0 aliphatic heterocycles. The summed E-state index contributed by atoms with van der Waals surface area (Å²) in [5.74, 6) is 0.868. The molecule has 0 unspecified atom stereocenters. The summed E-state index contributed by atoms with van der Waals surface area (Å²) in [6.45, 7) is 16.5. The van der Waals surface area contributed by atoms with Crippen molar-refractivity contribution in [1.29, 1.82) is 0 Å². The van der Waals surface area contributed by atoms with Gasteiger partial charge in [-0.2, -0.15) is 9.61 Å². The average molecular weight is 429 g/mol. The molecule has 0 saturated carbocycles. The lowest BCUT2D eigenvalue weighted by atomic mass is 10.5. The van der Waals surface area contributed by atoms with Gasteiger partial charge < -0.3 is 14.4 Å². The van der Waals surface area contributed by atoms with Crippen molar-refractivity contribution < 1.29 is 9.47 Å². The maximum Gasteiger partial charge on any atom is 0.158 e. The second-order valence-corrected chi connectivity index (χ2v) is 20.9. The van der Waals surface area contributed by atoms with Crippen LogP contribution in [0, 0.1) is 0 Å². The number of ether oxygens (including phenoxy) is 2. The third-order valence-electron chi connectivity index (χ3n) is 4.12. The van der Waals surface area contributed by atoms with Crippen LogP contribution in [0.1, 0.15) is 0 Å². The number of halogens is 1. The molecule has 0 bridgehead atoms. The molecule has 0 aromatic carbocycles. The highest BCUT2D eigenvalue weighted by atomic mass is 35.5. The third kappa shape index (κ3) is 7.91. The molecule has 152 valence electrons. The van der Waals surface area contributed by atoms with Gasteiger partial charge in [0.2, 0.25) is 0 Å². The second-order valence-electron chi connectivity index (χ2n) is 9.28. The fourth-order valence-electron chi connectivity index (χ4n) is 2.37. The Morgan fingerprint density at radius 1 is 1.00 bits per heavy atom. The van der Waals surface area contributed by atoms with E-state index < -0.39 is 16.1 Å². The molecule has 2 aromatic rings. The minimum Gasteiger partial charge on any atom is -0.361 e. The highest BCUT2D eigenvalue weighted by Gasteiger charge is 2.17. The Kier molecular flexibility index (Phi) is 7.87. The molecule has 0 radical (unpaired) electrons. The van der Waals surface area contributed by atoms with Crippen LogP contribution in [-0.4, -0.2) is 57.4 Å². The van der Waals surface area contributed by atoms with Crippen molar-refractivity contribution >= 4 is 39.2 Å². The third-order valence-corrected chi connectivity index (χ3v) is 7.71. The van der Waals surface area contributed by atoms with E-state index in [9.17, 15) is 0 Å². The zero-order valence-corrected chi connectivity index (χ0v) is 20.2. The van der Waals surface area contributed by atoms with Crippen molar-refractivity contribution in [2.24, 2.45) is 0 Å². The highest BCUT2D eigenvalue weighted by molar-refractivity contribution is 6.76. The minimum absolute atomic E-state index is 0.425. The van der Waals surface area contributed by atoms with Crippen LogP contribution in [0.2, 0.25) is 56.5 Å². The van der Waals surface area contributed by atoms with Crippen LogP contribution < -0.4 is 4.90 Å². The van der Waals surface area contributed by atoms with Crippen LogP contribution in [0.5, 0.6) is 0 Å². The van der Waals surface area contributed by atoms with E-state index >= 15 is 0 Å². The Balaban J connectivity index is 2.06. The van der Waals surface area contributed by atoms with E-state index in [0.717, 1.165) is 31.1 Å². The number of hydrogen-bond acceptors (Lipinski definition) is 5. The lowest BCUT2D eigenvalue weighted by Gasteiger charge is -2.26. The minimum atomic E-state index is -1.12. The fourth-order valence-corrected chi connectivity index (χ4v) is 4.06. The average Bonchev–Trinajstić information content (AvgIpc) is 2.91. The molecule has 0 aliphatic carbocycles. The van der Waals surface area contributed by atoms with Crippen molar-refractivity contribution in [3.8, 4) is 0 Å². The summed E-state index contributed by atoms with van der Waals surface area (Å²) >= 11 is 6.07. The maximum atomic E-state index is 6.07. The van der Waals surface area contributed by atoms with E-state index in [2.05, 4.69) is 49.4 Å². The monoisotopic (exact) mass is 428 g/mol. The van der Waals surface area contributed by atoms with Gasteiger partial charge in [0, 0.05) is 41.6 Å². The molecule has 2 rings (SSSR count). The summed E-state index contributed by atoms with van der Waals surface area (Å²) in [4.78, 5) is 6.37. The van der Waals surface area contributed by atoms with Gasteiger partial charge in [0.1, 0.15) is 19.3 Å². The predicted octanol–water partition coefficient (Wildman–Crippen LogP) is 4.81. The van der Waals surface area contributed by atoms with Gasteiger partial charge in [-0.3, -0.25) is 0 Å². The molecule has 0 aliphatic rings. The van der Waals surface area contributed by atoms with Crippen LogP contribution in [0.15, 0.2) is 18.3 Å². The SMILES string of the molecule is C[Si](C)(C)CCOCN(COCC[Si](C)(C)C)c1ccnc2cc(Cl)nn12. The van der Waals surface area contributed by atoms with Crippen LogP contribution in [0.3, 0.4) is 0 Å². The normalized spacial score (nSPS) is 12.7. The number of rotatable bonds is 11. The van der Waals surface area contributed by atoms with Gasteiger partial charge in [-0.25, -0.2) is 4.98 Å². The first kappa shape index (κ1) is 22.4. The van der Waals surface area contributed by atoms with Gasteiger partial charge in [0.25, 0.3) is 0 Å². The molecule has 27 heavy (non-hydrogen) atoms. The topological polar surface area (TPSA) is 51.9 Å². The maximum absolute atomic E-state index is 6.07. The van der Waals surface area contributed by atoms with Crippen LogP contribution in [0.4, 0.5) is 5.82 Å². The first-order valence-corrected chi connectivity index (χ1v) is 17.3. The van der Waals surface area contributed by atoms with E-state index in [1.807, 2.05) is 11.0 Å². The van der Waals surface area contributed by atoms with Crippen molar-refractivity contribution in [2.75, 3.05) is 31.6 Å². The molecule has 0 N–H and O–H groups in total. The van der Waals surface area contributed by atoms with Gasteiger partial charge in [0.05, 0.1) is 0 Å². The number of fused-ring (bicyclic) bond motifs is 1. The summed E-state index contributed by atoms with van der Waals surface area (Å²) in [7, 11) is -2.23. The van der Waals surface area contributed by atoms with Gasteiger partial charge >= 0.3 is 0 Å². The number of nitrogens with zero attached hydrogens (tertiary/aromatic N) is 4. The summed E-state index contributed by atoms with van der Waals surface area (Å²) in [5.41, 5.74) is 0.715. The second kappa shape index (κ2) is 9.51. The van der Waals surface area contributed by atoms with E-state index in [1.165, 1.54) is 0 Å². The van der Waals surface area contributed by atoms with E-state index in [0.29, 0.717) is 24.3 Å². The Bertz CT molecular complexity index is 706. The molecular weight excluding hydrogens is 396 g/mol. The molecule has 2 aromatic heterocycles. The molecular formula is C18H33ClN4O2Si2. The molecule has 6 nitrogen and oxygen atoms in total. The summed E-state index contributed by atoms with van der Waals surface area (Å²) in [6, 6.07) is 5.94. The van der Waals surface area contributed by atoms with E-state index in [1.54, 1.807) is 16.8 Å². The smallest absolute Gasteiger partial charge is 0.158 e. The largest absolute Gasteiger partial charge is 0.361 e. The lowest BCUT2D eigenvalue weighted by molar-refractivity contribution is 0.0942. The van der Waals surface area contributed by atoms with Crippen LogP contribution in [-0.2, 0) is 9.47 Å². The Hall–Kier alpha value is -0.936. The van der Waals surface area contributed by atoms with E-state index in [-0.39, 0.29) is 0 Å². The molecule has 0 atom stereocenters. The zero-order valence-electron chi connectivity index (χ0n) is 17.5.